The molecule has 0 radical (unpaired) electrons. The van der Waals surface area contributed by atoms with Crippen LogP contribution in [0.25, 0.3) is 0 Å². The molecule has 0 atom stereocenters. The molecule has 0 bridgehead atoms. The molecule has 1 aromatic heterocycles. The predicted molar refractivity (Wildman–Crippen MR) is 182 cm³/mol. The quantitative estimate of drug-likeness (QED) is 0.0609. The van der Waals surface area contributed by atoms with Gasteiger partial charge in [-0.3, -0.25) is 10.3 Å². The number of hydrogen-bond acceptors (Lipinski definition) is 7. The molecule has 0 saturated carbocycles. The minimum absolute atomic E-state index is 0.136. The summed E-state index contributed by atoms with van der Waals surface area (Å²) < 4.78 is 19.4. The van der Waals surface area contributed by atoms with E-state index in [2.05, 4.69) is 56.4 Å². The van der Waals surface area contributed by atoms with Crippen LogP contribution in [0.1, 0.15) is 49.7 Å². The van der Waals surface area contributed by atoms with Crippen LogP contribution in [0.3, 0.4) is 0 Å². The lowest BCUT2D eigenvalue weighted by Gasteiger charge is -2.27. The number of rotatable bonds is 18. The van der Waals surface area contributed by atoms with Crippen LogP contribution in [0, 0.1) is 22.7 Å². The van der Waals surface area contributed by atoms with Gasteiger partial charge in [0, 0.05) is 45.5 Å². The Morgan fingerprint density at radius 2 is 1.78 bits per heavy atom. The first-order valence-corrected chi connectivity index (χ1v) is 16.5. The smallest absolute Gasteiger partial charge is 0.204 e. The van der Waals surface area contributed by atoms with E-state index in [9.17, 15) is 9.65 Å². The Labute approximate surface area is 274 Å². The van der Waals surface area contributed by atoms with Crippen LogP contribution in [0.4, 0.5) is 10.2 Å². The number of aromatic nitrogens is 1. The minimum atomic E-state index is -0.238. The largest absolute Gasteiger partial charge is 0.494 e. The summed E-state index contributed by atoms with van der Waals surface area (Å²) in [5.74, 6) is 1.67. The Bertz CT molecular complexity index is 1340. The molecule has 1 saturated heterocycles. The lowest BCUT2D eigenvalue weighted by molar-refractivity contribution is 0.220. The lowest BCUT2D eigenvalue weighted by Crippen LogP contribution is -2.39. The highest BCUT2D eigenvalue weighted by Gasteiger charge is 2.13. The van der Waals surface area contributed by atoms with Gasteiger partial charge in [0.15, 0.2) is 6.19 Å². The molecule has 2 aromatic carbocycles. The number of nitrogens with one attached hydrogen (secondary N) is 2. The van der Waals surface area contributed by atoms with Crippen LogP contribution >= 0.6 is 0 Å². The molecule has 3 aromatic rings. The molecule has 4 rings (SSSR count). The van der Waals surface area contributed by atoms with Gasteiger partial charge in [0.2, 0.25) is 5.96 Å². The molecule has 10 heteroatoms. The average molecular weight is 629 g/mol. The van der Waals surface area contributed by atoms with Gasteiger partial charge in [-0.15, -0.1) is 0 Å². The lowest BCUT2D eigenvalue weighted by atomic mass is 10.1. The Hall–Kier alpha value is -4.20. The number of halogens is 1. The number of benzene rings is 2. The number of likely N-dealkylation sites (tertiary alicyclic amines) is 1. The van der Waals surface area contributed by atoms with Crippen molar-refractivity contribution in [2.45, 2.75) is 51.6 Å². The van der Waals surface area contributed by atoms with Crippen molar-refractivity contribution < 1.29 is 9.13 Å². The van der Waals surface area contributed by atoms with Crippen LogP contribution in [-0.4, -0.2) is 85.1 Å². The molecule has 246 valence electrons. The van der Waals surface area contributed by atoms with Gasteiger partial charge in [-0.1, -0.05) is 36.8 Å². The van der Waals surface area contributed by atoms with Crippen LogP contribution in [0.15, 0.2) is 72.9 Å². The van der Waals surface area contributed by atoms with Crippen molar-refractivity contribution in [3.05, 3.63) is 89.9 Å². The monoisotopic (exact) mass is 628 g/mol. The molecule has 2 heterocycles. The fourth-order valence-corrected chi connectivity index (χ4v) is 5.56. The Morgan fingerprint density at radius 3 is 2.54 bits per heavy atom. The van der Waals surface area contributed by atoms with Crippen molar-refractivity contribution in [1.29, 1.82) is 10.7 Å². The first-order valence-electron chi connectivity index (χ1n) is 16.5. The van der Waals surface area contributed by atoms with Crippen LogP contribution in [0.2, 0.25) is 0 Å². The number of unbranched alkanes of at least 4 members (excludes halogenated alkanes) is 1. The highest BCUT2D eigenvalue weighted by molar-refractivity contribution is 5.78. The molecule has 2 N–H and O–H groups in total. The second-order valence-corrected chi connectivity index (χ2v) is 12.0. The van der Waals surface area contributed by atoms with Crippen molar-refractivity contribution in [2.75, 3.05) is 64.4 Å². The highest BCUT2D eigenvalue weighted by Crippen LogP contribution is 2.18. The molecule has 1 aliphatic heterocycles. The Morgan fingerprint density at radius 1 is 0.957 bits per heavy atom. The molecule has 1 aliphatic rings. The number of hydrogen-bond donors (Lipinski definition) is 2. The first kappa shape index (κ1) is 34.7. The van der Waals surface area contributed by atoms with Gasteiger partial charge in [-0.25, -0.2) is 14.3 Å². The van der Waals surface area contributed by atoms with E-state index in [4.69, 9.17) is 10.1 Å². The SMILES string of the molecule is CN(CCCNC(=N)N(C#N)CCCCOc1cccc(CN2CCCCC2)c1)CCN(Cc1ccc(F)cc1)c1ccccn1. The third kappa shape index (κ3) is 12.3. The number of likely N-dealkylation sites (N-methyl/N-ethyl adjacent to an activating group) is 1. The number of guanidine groups is 1. The molecule has 0 unspecified atom stereocenters. The zero-order valence-electron chi connectivity index (χ0n) is 27.2. The predicted octanol–water partition coefficient (Wildman–Crippen LogP) is 5.70. The van der Waals surface area contributed by atoms with E-state index in [-0.39, 0.29) is 11.8 Å². The van der Waals surface area contributed by atoms with E-state index in [1.165, 1.54) is 54.9 Å². The molecule has 0 amide bonds. The van der Waals surface area contributed by atoms with E-state index in [0.717, 1.165) is 62.6 Å². The topological polar surface area (TPSA) is 94.8 Å². The maximum atomic E-state index is 13.4. The van der Waals surface area contributed by atoms with Crippen molar-refractivity contribution in [2.24, 2.45) is 0 Å². The zero-order chi connectivity index (χ0) is 32.4. The van der Waals surface area contributed by atoms with Gasteiger partial charge in [0.25, 0.3) is 0 Å². The standard InChI is InChI=1S/C36H49FN8O/c1-42(24-25-44(35-13-3-4-18-40-35)29-31-14-16-33(37)17-15-31)20-10-19-41-36(39)45(30-38)23-7-8-26-46-34-12-9-11-32(27-34)28-43-21-5-2-6-22-43/h3-4,9,11-18,27H,2,5-8,10,19-26,28-29H2,1H3,(H2,39,41). The van der Waals surface area contributed by atoms with Gasteiger partial charge in [-0.2, -0.15) is 5.26 Å². The van der Waals surface area contributed by atoms with Gasteiger partial charge in [-0.05, 0) is 106 Å². The van der Waals surface area contributed by atoms with Crippen molar-refractivity contribution >= 4 is 11.8 Å². The van der Waals surface area contributed by atoms with Gasteiger partial charge < -0.3 is 19.9 Å². The molecule has 0 aliphatic carbocycles. The molecular weight excluding hydrogens is 579 g/mol. The second-order valence-electron chi connectivity index (χ2n) is 12.0. The van der Waals surface area contributed by atoms with Crippen molar-refractivity contribution in [3.63, 3.8) is 0 Å². The maximum Gasteiger partial charge on any atom is 0.204 e. The van der Waals surface area contributed by atoms with E-state index in [1.54, 1.807) is 6.20 Å². The molecule has 46 heavy (non-hydrogen) atoms. The van der Waals surface area contributed by atoms with Crippen LogP contribution in [0.5, 0.6) is 5.75 Å². The van der Waals surface area contributed by atoms with Crippen LogP contribution < -0.4 is 15.0 Å². The normalized spacial score (nSPS) is 13.3. The highest BCUT2D eigenvalue weighted by atomic mass is 19.1. The minimum Gasteiger partial charge on any atom is -0.494 e. The Kier molecular flexibility index (Phi) is 14.6. The van der Waals surface area contributed by atoms with Crippen LogP contribution in [-0.2, 0) is 13.1 Å². The molecule has 0 spiro atoms. The number of nitrogens with zero attached hydrogens (tertiary/aromatic N) is 6. The summed E-state index contributed by atoms with van der Waals surface area (Å²) in [6.45, 7) is 8.08. The summed E-state index contributed by atoms with van der Waals surface area (Å²) >= 11 is 0. The fourth-order valence-electron chi connectivity index (χ4n) is 5.56. The van der Waals surface area contributed by atoms with E-state index in [1.807, 2.05) is 36.4 Å². The molecular formula is C36H49FN8O. The Balaban J connectivity index is 1.09. The summed E-state index contributed by atoms with van der Waals surface area (Å²) in [5.41, 5.74) is 2.31. The number of pyridine rings is 1. The van der Waals surface area contributed by atoms with Gasteiger partial charge in [0.1, 0.15) is 17.4 Å². The summed E-state index contributed by atoms with van der Waals surface area (Å²) in [6.07, 6.45) is 10.2. The maximum absolute atomic E-state index is 13.4. The van der Waals surface area contributed by atoms with E-state index >= 15 is 0 Å². The number of piperidine rings is 1. The summed E-state index contributed by atoms with van der Waals surface area (Å²) in [5, 5.41) is 21.0. The van der Waals surface area contributed by atoms with Crippen molar-refractivity contribution in [1.82, 2.24) is 25.0 Å². The van der Waals surface area contributed by atoms with E-state index < -0.39 is 0 Å². The fraction of sp³-hybridized carbons (Fsp3) is 0.472. The number of ether oxygens (including phenoxy) is 1. The van der Waals surface area contributed by atoms with Gasteiger partial charge >= 0.3 is 0 Å². The second kappa shape index (κ2) is 19.3. The summed E-state index contributed by atoms with van der Waals surface area (Å²) in [7, 11) is 2.08. The summed E-state index contributed by atoms with van der Waals surface area (Å²) in [4.78, 5) is 12.9. The first-order chi connectivity index (χ1) is 22.5. The number of nitriles is 1. The third-order valence-electron chi connectivity index (χ3n) is 8.21. The third-order valence-corrected chi connectivity index (χ3v) is 8.21. The van der Waals surface area contributed by atoms with Gasteiger partial charge in [0.05, 0.1) is 6.61 Å². The van der Waals surface area contributed by atoms with E-state index in [0.29, 0.717) is 26.2 Å². The summed E-state index contributed by atoms with van der Waals surface area (Å²) in [6, 6.07) is 20.8. The number of anilines is 1. The average Bonchev–Trinajstić information content (AvgIpc) is 3.08. The zero-order valence-corrected chi connectivity index (χ0v) is 27.2. The molecule has 9 nitrogen and oxygen atoms in total. The molecule has 1 fully saturated rings. The van der Waals surface area contributed by atoms with Crippen molar-refractivity contribution in [3.8, 4) is 11.9 Å².